The van der Waals surface area contributed by atoms with Gasteiger partial charge in [0.2, 0.25) is 0 Å². The Kier molecular flexibility index (Phi) is 2.52. The zero-order valence-corrected chi connectivity index (χ0v) is 8.20. The fraction of sp³-hybridized carbons (Fsp3) is 0.182. The summed E-state index contributed by atoms with van der Waals surface area (Å²) in [7, 11) is 3.18. The highest BCUT2D eigenvalue weighted by atomic mass is 16.7. The first kappa shape index (κ1) is 9.24. The summed E-state index contributed by atoms with van der Waals surface area (Å²) in [6.45, 7) is 0. The minimum atomic E-state index is 0.501. The molecule has 0 spiro atoms. The van der Waals surface area contributed by atoms with Crippen LogP contribution in [-0.2, 0) is 9.47 Å². The van der Waals surface area contributed by atoms with E-state index in [1.165, 1.54) is 0 Å². The van der Waals surface area contributed by atoms with E-state index in [1.807, 2.05) is 30.3 Å². The van der Waals surface area contributed by atoms with E-state index in [9.17, 15) is 0 Å². The number of methoxy groups -OCH3 is 2. The van der Waals surface area contributed by atoms with Crippen molar-refractivity contribution in [2.24, 2.45) is 0 Å². The van der Waals surface area contributed by atoms with Crippen molar-refractivity contribution >= 4 is 10.9 Å². The van der Waals surface area contributed by atoms with Gasteiger partial charge in [0.15, 0.2) is 0 Å². The third kappa shape index (κ3) is 1.52. The number of benzene rings is 1. The van der Waals surface area contributed by atoms with E-state index in [0.717, 1.165) is 16.6 Å². The van der Waals surface area contributed by atoms with Crippen molar-refractivity contribution in [3.05, 3.63) is 42.3 Å². The van der Waals surface area contributed by atoms with Crippen LogP contribution < -0.4 is 0 Å². The molecule has 0 fully saturated rings. The van der Waals surface area contributed by atoms with Gasteiger partial charge >= 0.3 is 0 Å². The first-order chi connectivity index (χ1) is 6.85. The lowest BCUT2D eigenvalue weighted by atomic mass is 10.2. The molecule has 73 valence electrons. The molecule has 14 heavy (non-hydrogen) atoms. The van der Waals surface area contributed by atoms with Crippen LogP contribution in [0.3, 0.4) is 0 Å². The Hall–Kier alpha value is -1.32. The van der Waals surface area contributed by atoms with Crippen LogP contribution in [0.15, 0.2) is 30.3 Å². The molecule has 1 aromatic carbocycles. The number of hydrogen-bond donors (Lipinski definition) is 1. The van der Waals surface area contributed by atoms with Gasteiger partial charge in [-0.05, 0) is 17.5 Å². The zero-order chi connectivity index (χ0) is 9.97. The number of nitrogens with one attached hydrogen (secondary N) is 1. The molecule has 0 saturated heterocycles. The van der Waals surface area contributed by atoms with E-state index in [2.05, 4.69) is 4.98 Å². The summed E-state index contributed by atoms with van der Waals surface area (Å²) >= 11 is 0. The van der Waals surface area contributed by atoms with E-state index in [0.29, 0.717) is 6.29 Å². The first-order valence-electron chi connectivity index (χ1n) is 4.38. The predicted octanol–water partition coefficient (Wildman–Crippen LogP) is 2.30. The van der Waals surface area contributed by atoms with Crippen molar-refractivity contribution in [3.8, 4) is 0 Å². The van der Waals surface area contributed by atoms with Crippen molar-refractivity contribution < 1.29 is 9.47 Å². The molecule has 0 aliphatic rings. The van der Waals surface area contributed by atoms with Crippen LogP contribution in [-0.4, -0.2) is 19.2 Å². The van der Waals surface area contributed by atoms with Crippen LogP contribution in [0.4, 0.5) is 0 Å². The Bertz CT molecular complexity index is 385. The molecule has 0 bridgehead atoms. The summed E-state index contributed by atoms with van der Waals surface area (Å²) < 4.78 is 10.2. The maximum Gasteiger partial charge on any atom is 0.272 e. The highest BCUT2D eigenvalue weighted by molar-refractivity contribution is 5.80. The van der Waals surface area contributed by atoms with Crippen molar-refractivity contribution in [2.45, 2.75) is 0 Å². The highest BCUT2D eigenvalue weighted by Gasteiger charge is 2.13. The van der Waals surface area contributed by atoms with E-state index in [4.69, 9.17) is 9.47 Å². The lowest BCUT2D eigenvalue weighted by Crippen LogP contribution is -2.04. The van der Waals surface area contributed by atoms with Gasteiger partial charge in [-0.1, -0.05) is 18.2 Å². The molecule has 3 heteroatoms. The Morgan fingerprint density at radius 1 is 1.14 bits per heavy atom. The number of H-pyrrole nitrogens is 1. The van der Waals surface area contributed by atoms with Crippen LogP contribution in [0.1, 0.15) is 5.69 Å². The Balaban J connectivity index is 2.43. The van der Waals surface area contributed by atoms with Crippen molar-refractivity contribution in [1.82, 2.24) is 4.98 Å². The maximum atomic E-state index is 5.08. The van der Waals surface area contributed by atoms with Crippen LogP contribution in [0.5, 0.6) is 0 Å². The monoisotopic (exact) mass is 190 g/mol. The Morgan fingerprint density at radius 2 is 1.86 bits per heavy atom. The molecule has 1 aromatic heterocycles. The summed E-state index contributed by atoms with van der Waals surface area (Å²) in [4.78, 5) is 3.21. The fourth-order valence-electron chi connectivity index (χ4n) is 1.49. The lowest BCUT2D eigenvalue weighted by Gasteiger charge is -2.07. The van der Waals surface area contributed by atoms with Crippen molar-refractivity contribution in [3.63, 3.8) is 0 Å². The third-order valence-corrected chi connectivity index (χ3v) is 2.12. The van der Waals surface area contributed by atoms with Crippen molar-refractivity contribution in [1.29, 1.82) is 0 Å². The van der Waals surface area contributed by atoms with Crippen LogP contribution >= 0.6 is 0 Å². The Labute approximate surface area is 82.6 Å². The average molecular weight is 190 g/mol. The van der Waals surface area contributed by atoms with Gasteiger partial charge in [-0.3, -0.25) is 0 Å². The molecule has 0 atom stereocenters. The minimum absolute atomic E-state index is 0.501. The molecule has 0 saturated carbocycles. The molecular formula is C11H12NO2. The van der Waals surface area contributed by atoms with E-state index >= 15 is 0 Å². The zero-order valence-electron chi connectivity index (χ0n) is 8.20. The van der Waals surface area contributed by atoms with E-state index in [-0.39, 0.29) is 0 Å². The van der Waals surface area contributed by atoms with Gasteiger partial charge in [0.1, 0.15) is 0 Å². The van der Waals surface area contributed by atoms with Gasteiger partial charge in [-0.15, -0.1) is 0 Å². The van der Waals surface area contributed by atoms with Crippen molar-refractivity contribution in [2.75, 3.05) is 14.2 Å². The third-order valence-electron chi connectivity index (χ3n) is 2.12. The number of rotatable bonds is 3. The second kappa shape index (κ2) is 3.82. The second-order valence-corrected chi connectivity index (χ2v) is 2.97. The van der Waals surface area contributed by atoms with Gasteiger partial charge in [0.25, 0.3) is 6.29 Å². The standard InChI is InChI=1S/C11H12NO2/c1-13-11(14-2)10-7-8-5-3-4-6-9(8)12-10/h3-7,12H,1-2H3. The topological polar surface area (TPSA) is 34.2 Å². The molecule has 0 aliphatic heterocycles. The van der Waals surface area contributed by atoms with E-state index < -0.39 is 0 Å². The van der Waals surface area contributed by atoms with Gasteiger partial charge in [0.05, 0.1) is 5.69 Å². The van der Waals surface area contributed by atoms with Crippen LogP contribution in [0.2, 0.25) is 0 Å². The van der Waals surface area contributed by atoms with Gasteiger partial charge < -0.3 is 14.5 Å². The molecule has 0 unspecified atom stereocenters. The number of hydrogen-bond acceptors (Lipinski definition) is 2. The fourth-order valence-corrected chi connectivity index (χ4v) is 1.49. The molecule has 3 nitrogen and oxygen atoms in total. The van der Waals surface area contributed by atoms with Gasteiger partial charge in [0, 0.05) is 19.7 Å². The SMILES string of the molecule is CO[C](OC)c1cc2ccccc2[nH]1. The number of aromatic amines is 1. The van der Waals surface area contributed by atoms with Crippen LogP contribution in [0.25, 0.3) is 10.9 Å². The smallest absolute Gasteiger partial charge is 0.272 e. The first-order valence-corrected chi connectivity index (χ1v) is 4.38. The largest absolute Gasteiger partial charge is 0.354 e. The molecule has 2 aromatic rings. The number of aromatic nitrogens is 1. The quantitative estimate of drug-likeness (QED) is 0.805. The number of ether oxygens (including phenoxy) is 2. The number of para-hydroxylation sites is 1. The van der Waals surface area contributed by atoms with Crippen LogP contribution in [0, 0.1) is 6.29 Å². The molecule has 2 rings (SSSR count). The summed E-state index contributed by atoms with van der Waals surface area (Å²) in [5, 5.41) is 1.15. The van der Waals surface area contributed by atoms with E-state index in [1.54, 1.807) is 14.2 Å². The molecule has 1 radical (unpaired) electrons. The minimum Gasteiger partial charge on any atom is -0.354 e. The normalized spacial score (nSPS) is 11.4. The highest BCUT2D eigenvalue weighted by Crippen LogP contribution is 2.21. The maximum absolute atomic E-state index is 5.08. The number of fused-ring (bicyclic) bond motifs is 1. The second-order valence-electron chi connectivity index (χ2n) is 2.97. The molecule has 0 aliphatic carbocycles. The molecule has 1 N–H and O–H groups in total. The summed E-state index contributed by atoms with van der Waals surface area (Å²) in [5.74, 6) is 0. The molecule has 1 heterocycles. The summed E-state index contributed by atoms with van der Waals surface area (Å²) in [5.41, 5.74) is 1.94. The van der Waals surface area contributed by atoms with Gasteiger partial charge in [-0.25, -0.2) is 0 Å². The summed E-state index contributed by atoms with van der Waals surface area (Å²) in [6, 6.07) is 10.0. The molecule has 0 amide bonds. The predicted molar refractivity (Wildman–Crippen MR) is 54.7 cm³/mol. The average Bonchev–Trinajstić information content (AvgIpc) is 2.63. The Morgan fingerprint density at radius 3 is 2.50 bits per heavy atom. The summed E-state index contributed by atoms with van der Waals surface area (Å²) in [6.07, 6.45) is 0.501. The van der Waals surface area contributed by atoms with Gasteiger partial charge in [-0.2, -0.15) is 0 Å². The molecular weight excluding hydrogens is 178 g/mol. The lowest BCUT2D eigenvalue weighted by molar-refractivity contribution is 0.0249.